The van der Waals surface area contributed by atoms with Gasteiger partial charge in [-0.25, -0.2) is 4.98 Å². The molecule has 5 nitrogen and oxygen atoms in total. The Bertz CT molecular complexity index is 1780. The van der Waals surface area contributed by atoms with E-state index in [1.54, 1.807) is 0 Å². The fourth-order valence-electron chi connectivity index (χ4n) is 4.51. The maximum Gasteiger partial charge on any atom is 0.227 e. The predicted octanol–water partition coefficient (Wildman–Crippen LogP) is 7.75. The summed E-state index contributed by atoms with van der Waals surface area (Å²) in [6.45, 7) is 0. The minimum Gasteiger partial charge on any atom is -0.454 e. The molecule has 0 saturated heterocycles. The normalized spacial score (nSPS) is 11.6. The van der Waals surface area contributed by atoms with Crippen LogP contribution in [0.3, 0.4) is 0 Å². The van der Waals surface area contributed by atoms with E-state index in [9.17, 15) is 0 Å². The maximum absolute atomic E-state index is 6.33. The molecule has 0 aliphatic carbocycles. The van der Waals surface area contributed by atoms with Crippen LogP contribution in [-0.4, -0.2) is 9.97 Å². The van der Waals surface area contributed by atoms with Gasteiger partial charge >= 0.3 is 0 Å². The Hall–Kier alpha value is -4.64. The Morgan fingerprint density at radius 3 is 2.09 bits per heavy atom. The molecule has 4 heterocycles. The molecule has 0 saturated carbocycles. The number of benzene rings is 3. The quantitative estimate of drug-likeness (QED) is 0.289. The van der Waals surface area contributed by atoms with Gasteiger partial charge in [-0.15, -0.1) is 0 Å². The van der Waals surface area contributed by atoms with Crippen LogP contribution in [0.25, 0.3) is 44.0 Å². The zero-order valence-corrected chi connectivity index (χ0v) is 17.5. The van der Waals surface area contributed by atoms with E-state index < -0.39 is 0 Å². The third-order valence-electron chi connectivity index (χ3n) is 6.00. The number of anilines is 3. The van der Waals surface area contributed by atoms with E-state index in [4.69, 9.17) is 8.83 Å². The van der Waals surface area contributed by atoms with Gasteiger partial charge in [0, 0.05) is 28.0 Å². The summed E-state index contributed by atoms with van der Waals surface area (Å²) in [4.78, 5) is 11.4. The van der Waals surface area contributed by atoms with E-state index in [1.807, 2.05) is 73.2 Å². The summed E-state index contributed by atoms with van der Waals surface area (Å²) in [5.41, 5.74) is 5.80. The Labute approximate surface area is 188 Å². The van der Waals surface area contributed by atoms with Crippen molar-refractivity contribution in [3.05, 3.63) is 104 Å². The minimum atomic E-state index is 0.619. The molecule has 0 bridgehead atoms. The van der Waals surface area contributed by atoms with E-state index in [0.717, 1.165) is 55.4 Å². The summed E-state index contributed by atoms with van der Waals surface area (Å²) in [5.74, 6) is 0. The summed E-state index contributed by atoms with van der Waals surface area (Å²) >= 11 is 0. The lowest BCUT2D eigenvalue weighted by molar-refractivity contribution is 0.654. The molecule has 0 amide bonds. The van der Waals surface area contributed by atoms with Gasteiger partial charge in [0.1, 0.15) is 16.9 Å². The van der Waals surface area contributed by atoms with Crippen molar-refractivity contribution in [1.82, 2.24) is 9.97 Å². The van der Waals surface area contributed by atoms with Gasteiger partial charge in [0.25, 0.3) is 0 Å². The molecule has 0 atom stereocenters. The number of pyridine rings is 2. The van der Waals surface area contributed by atoms with Gasteiger partial charge in [0.2, 0.25) is 5.71 Å². The average Bonchev–Trinajstić information content (AvgIpc) is 3.44. The fraction of sp³-hybridized carbons (Fsp3) is 0. The highest BCUT2D eigenvalue weighted by molar-refractivity contribution is 6.10. The van der Waals surface area contributed by atoms with Crippen LogP contribution in [0.1, 0.15) is 0 Å². The van der Waals surface area contributed by atoms with Crippen LogP contribution in [0.4, 0.5) is 17.1 Å². The highest BCUT2D eigenvalue weighted by atomic mass is 16.3. The van der Waals surface area contributed by atoms with Crippen molar-refractivity contribution in [3.8, 4) is 0 Å². The first-order valence-electron chi connectivity index (χ1n) is 10.7. The second kappa shape index (κ2) is 6.93. The average molecular weight is 427 g/mol. The molecular weight excluding hydrogens is 410 g/mol. The number of para-hydroxylation sites is 3. The first-order chi connectivity index (χ1) is 16.4. The monoisotopic (exact) mass is 427 g/mol. The van der Waals surface area contributed by atoms with Crippen molar-refractivity contribution in [1.29, 1.82) is 0 Å². The molecule has 7 aromatic rings. The van der Waals surface area contributed by atoms with Gasteiger partial charge in [-0.2, -0.15) is 0 Å². The lowest BCUT2D eigenvalue weighted by Gasteiger charge is -2.24. The summed E-state index contributed by atoms with van der Waals surface area (Å²) in [6, 6.07) is 28.3. The number of aromatic nitrogens is 2. The fourth-order valence-corrected chi connectivity index (χ4v) is 4.51. The van der Waals surface area contributed by atoms with E-state index in [-0.39, 0.29) is 0 Å². The summed E-state index contributed by atoms with van der Waals surface area (Å²) in [6.07, 6.45) is 5.54. The molecule has 4 aromatic heterocycles. The standard InChI is InChI=1S/C28H17N3O2/c1-2-8-18(9-3-1)31(19-14-22-20-10-4-7-13-26(20)33-28(22)30-15-19)24-17-29-16-23-21-11-5-6-12-25(21)32-27(23)24/h1-17H. The van der Waals surface area contributed by atoms with Crippen LogP contribution < -0.4 is 4.90 Å². The minimum absolute atomic E-state index is 0.619. The van der Waals surface area contributed by atoms with E-state index in [1.165, 1.54) is 0 Å². The van der Waals surface area contributed by atoms with Crippen LogP contribution in [-0.2, 0) is 0 Å². The van der Waals surface area contributed by atoms with Crippen LogP contribution in [0.2, 0.25) is 0 Å². The molecule has 7 rings (SSSR count). The highest BCUT2D eigenvalue weighted by Crippen LogP contribution is 2.42. The first kappa shape index (κ1) is 18.0. The molecule has 0 unspecified atom stereocenters. The van der Waals surface area contributed by atoms with Gasteiger partial charge in [-0.1, -0.05) is 54.6 Å². The number of rotatable bonds is 3. The second-order valence-electron chi connectivity index (χ2n) is 7.95. The Balaban J connectivity index is 1.53. The molecule has 0 N–H and O–H groups in total. The third-order valence-corrected chi connectivity index (χ3v) is 6.00. The number of hydrogen-bond acceptors (Lipinski definition) is 5. The molecule has 0 spiro atoms. The number of hydrogen-bond donors (Lipinski definition) is 0. The lowest BCUT2D eigenvalue weighted by atomic mass is 10.1. The van der Waals surface area contributed by atoms with Crippen molar-refractivity contribution in [2.75, 3.05) is 4.90 Å². The van der Waals surface area contributed by atoms with Crippen LogP contribution >= 0.6 is 0 Å². The molecule has 33 heavy (non-hydrogen) atoms. The van der Waals surface area contributed by atoms with Gasteiger partial charge in [0.15, 0.2) is 5.58 Å². The Morgan fingerprint density at radius 1 is 0.576 bits per heavy atom. The highest BCUT2D eigenvalue weighted by Gasteiger charge is 2.21. The van der Waals surface area contributed by atoms with Crippen molar-refractivity contribution < 1.29 is 8.83 Å². The smallest absolute Gasteiger partial charge is 0.227 e. The Kier molecular flexibility index (Phi) is 3.78. The predicted molar refractivity (Wildman–Crippen MR) is 131 cm³/mol. The number of nitrogens with zero attached hydrogens (tertiary/aromatic N) is 3. The molecule has 0 fully saturated rings. The number of fused-ring (bicyclic) bond motifs is 6. The van der Waals surface area contributed by atoms with Gasteiger partial charge < -0.3 is 13.7 Å². The van der Waals surface area contributed by atoms with Crippen molar-refractivity contribution >= 4 is 61.1 Å². The van der Waals surface area contributed by atoms with Crippen molar-refractivity contribution in [2.45, 2.75) is 0 Å². The van der Waals surface area contributed by atoms with E-state index in [2.05, 4.69) is 45.2 Å². The molecule has 5 heteroatoms. The van der Waals surface area contributed by atoms with Gasteiger partial charge in [0.05, 0.1) is 23.5 Å². The van der Waals surface area contributed by atoms with Gasteiger partial charge in [-0.3, -0.25) is 4.98 Å². The zero-order chi connectivity index (χ0) is 21.8. The molecule has 0 radical (unpaired) electrons. The van der Waals surface area contributed by atoms with E-state index >= 15 is 0 Å². The van der Waals surface area contributed by atoms with Crippen LogP contribution in [0.5, 0.6) is 0 Å². The maximum atomic E-state index is 6.33. The molecule has 3 aromatic carbocycles. The van der Waals surface area contributed by atoms with Crippen molar-refractivity contribution in [3.63, 3.8) is 0 Å². The zero-order valence-electron chi connectivity index (χ0n) is 17.5. The van der Waals surface area contributed by atoms with Gasteiger partial charge in [-0.05, 0) is 30.3 Å². The van der Waals surface area contributed by atoms with E-state index in [0.29, 0.717) is 5.71 Å². The summed E-state index contributed by atoms with van der Waals surface area (Å²) in [7, 11) is 0. The van der Waals surface area contributed by atoms with Crippen LogP contribution in [0.15, 0.2) is 112 Å². The number of furan rings is 2. The second-order valence-corrected chi connectivity index (χ2v) is 7.95. The molecular formula is C28H17N3O2. The third kappa shape index (κ3) is 2.72. The Morgan fingerprint density at radius 2 is 1.27 bits per heavy atom. The SMILES string of the molecule is c1ccc(N(c2cnc3oc4ccccc4c3c2)c2cncc3c2oc2ccccc23)cc1. The topological polar surface area (TPSA) is 55.3 Å². The van der Waals surface area contributed by atoms with Crippen LogP contribution in [0, 0.1) is 0 Å². The molecule has 156 valence electrons. The molecule has 0 aliphatic heterocycles. The lowest BCUT2D eigenvalue weighted by Crippen LogP contribution is -2.10. The molecule has 0 aliphatic rings. The summed E-state index contributed by atoms with van der Waals surface area (Å²) in [5, 5.41) is 4.03. The van der Waals surface area contributed by atoms with Crippen molar-refractivity contribution in [2.24, 2.45) is 0 Å². The first-order valence-corrected chi connectivity index (χ1v) is 10.7. The summed E-state index contributed by atoms with van der Waals surface area (Å²) < 4.78 is 12.3. The largest absolute Gasteiger partial charge is 0.454 e.